The summed E-state index contributed by atoms with van der Waals surface area (Å²) in [4.78, 5) is 7.04. The van der Waals surface area contributed by atoms with Crippen molar-refractivity contribution < 1.29 is 8.83 Å². The molecule has 6 heteroatoms. The Bertz CT molecular complexity index is 1690. The summed E-state index contributed by atoms with van der Waals surface area (Å²) in [5.74, 6) is 1.60. The molecule has 0 amide bonds. The third kappa shape index (κ3) is 6.68. The maximum atomic E-state index is 9.81. The molecular formula is C36H38N4O2. The van der Waals surface area contributed by atoms with E-state index in [9.17, 15) is 10.5 Å². The lowest BCUT2D eigenvalue weighted by atomic mass is 10.00. The number of furan rings is 2. The van der Waals surface area contributed by atoms with E-state index in [1.54, 1.807) is 0 Å². The summed E-state index contributed by atoms with van der Waals surface area (Å²) in [6.45, 7) is 19.7. The first-order valence-corrected chi connectivity index (χ1v) is 15.3. The molecule has 0 aliphatic rings. The Kier molecular flexibility index (Phi) is 10.8. The molecule has 42 heavy (non-hydrogen) atoms. The molecule has 0 atom stereocenters. The third-order valence-corrected chi connectivity index (χ3v) is 8.00. The Balaban J connectivity index is 1.88. The first-order chi connectivity index (χ1) is 20.6. The normalized spacial score (nSPS) is 12.6. The Hall–Kier alpha value is -4.52. The molecular weight excluding hydrogens is 520 g/mol. The van der Waals surface area contributed by atoms with Gasteiger partial charge in [-0.05, 0) is 25.0 Å². The third-order valence-electron chi connectivity index (χ3n) is 8.00. The number of hydrogen-bond acceptors (Lipinski definition) is 4. The Morgan fingerprint density at radius 2 is 0.976 bits per heavy atom. The van der Waals surface area contributed by atoms with E-state index in [2.05, 4.69) is 35.7 Å². The van der Waals surface area contributed by atoms with E-state index in [-0.39, 0.29) is 11.4 Å². The largest absolute Gasteiger partial charge is 0.460 e. The Morgan fingerprint density at radius 3 is 1.33 bits per heavy atom. The average molecular weight is 559 g/mol. The topological polar surface area (TPSA) is 82.6 Å². The van der Waals surface area contributed by atoms with Crippen molar-refractivity contribution in [1.82, 2.24) is 0 Å². The Morgan fingerprint density at radius 1 is 0.595 bits per heavy atom. The molecule has 4 rings (SSSR count). The van der Waals surface area contributed by atoms with Crippen molar-refractivity contribution in [2.75, 3.05) is 0 Å². The lowest BCUT2D eigenvalue weighted by molar-refractivity contribution is 0.522. The minimum Gasteiger partial charge on any atom is -0.460 e. The van der Waals surface area contributed by atoms with Crippen LogP contribution in [0, 0.1) is 35.8 Å². The monoisotopic (exact) mass is 558 g/mol. The highest BCUT2D eigenvalue weighted by Crippen LogP contribution is 2.32. The van der Waals surface area contributed by atoms with Crippen LogP contribution in [0.1, 0.15) is 102 Å². The summed E-state index contributed by atoms with van der Waals surface area (Å²) >= 11 is 0. The van der Waals surface area contributed by atoms with Crippen LogP contribution < -0.4 is 10.4 Å². The van der Waals surface area contributed by atoms with Gasteiger partial charge >= 0.3 is 0 Å². The molecule has 0 aliphatic heterocycles. The van der Waals surface area contributed by atoms with Crippen LogP contribution in [-0.2, 0) is 12.8 Å². The standard InChI is InChI=1S/C36H38N4O2/c1-5-7-9-11-13-15-17-25-19-29-27(33(23-37)39-3)21-32-31(35(29)41-25)22-28(34(24-38)40-4)30-20-26(42-36(30)32)18-16-14-12-10-8-6-2/h19-22H,5-18H2,1-2H3/b33-27-,34-28+. The minimum atomic E-state index is -0.00432. The number of rotatable bonds is 14. The zero-order chi connectivity index (χ0) is 29.9. The lowest BCUT2D eigenvalue weighted by Gasteiger charge is -2.04. The van der Waals surface area contributed by atoms with Gasteiger partial charge in [0, 0.05) is 44.8 Å². The van der Waals surface area contributed by atoms with E-state index in [0.29, 0.717) is 43.1 Å². The number of nitrogens with zero attached hydrogens (tertiary/aromatic N) is 4. The van der Waals surface area contributed by atoms with Crippen molar-refractivity contribution in [3.05, 3.63) is 69.1 Å². The predicted octanol–water partition coefficient (Wildman–Crippen LogP) is 9.24. The summed E-state index contributed by atoms with van der Waals surface area (Å²) in [5, 5.41) is 23.5. The fourth-order valence-electron chi connectivity index (χ4n) is 5.75. The number of hydrogen-bond donors (Lipinski definition) is 0. The van der Waals surface area contributed by atoms with Gasteiger partial charge in [0.25, 0.3) is 11.4 Å². The van der Waals surface area contributed by atoms with Gasteiger partial charge in [0.05, 0.1) is 25.3 Å². The van der Waals surface area contributed by atoms with Gasteiger partial charge in [-0.2, -0.15) is 0 Å². The summed E-state index contributed by atoms with van der Waals surface area (Å²) in [7, 11) is 0. The van der Waals surface area contributed by atoms with Crippen molar-refractivity contribution in [2.45, 2.75) is 104 Å². The smallest absolute Gasteiger partial charge is 0.269 e. The van der Waals surface area contributed by atoms with Crippen LogP contribution in [-0.4, -0.2) is 0 Å². The highest BCUT2D eigenvalue weighted by molar-refractivity contribution is 6.15. The molecule has 0 unspecified atom stereocenters. The van der Waals surface area contributed by atoms with Crippen LogP contribution in [0.2, 0.25) is 0 Å². The molecule has 0 fully saturated rings. The van der Waals surface area contributed by atoms with Crippen LogP contribution in [0.3, 0.4) is 0 Å². The first kappa shape index (κ1) is 30.4. The SMILES string of the molecule is [C-]#[N+]/C(C#N)=c1/cc2c(c/c(=C(/C#N)[N+]#[C-])c3cc(CCCCCCCC)oc32)c2oc(CCCCCCCC)cc12. The molecule has 2 aromatic carbocycles. The molecule has 0 spiro atoms. The second kappa shape index (κ2) is 14.9. The van der Waals surface area contributed by atoms with E-state index in [1.165, 1.54) is 51.4 Å². The van der Waals surface area contributed by atoms with Crippen molar-refractivity contribution in [2.24, 2.45) is 0 Å². The first-order valence-electron chi connectivity index (χ1n) is 15.3. The second-order valence-electron chi connectivity index (χ2n) is 11.0. The van der Waals surface area contributed by atoms with E-state index in [4.69, 9.17) is 22.0 Å². The quantitative estimate of drug-likeness (QED) is 0.114. The molecule has 0 saturated heterocycles. The average Bonchev–Trinajstić information content (AvgIpc) is 3.63. The molecule has 4 aromatic rings. The van der Waals surface area contributed by atoms with Crippen molar-refractivity contribution >= 4 is 44.1 Å². The zero-order valence-corrected chi connectivity index (χ0v) is 24.8. The second-order valence-corrected chi connectivity index (χ2v) is 11.0. The molecule has 0 bridgehead atoms. The highest BCUT2D eigenvalue weighted by Gasteiger charge is 2.18. The predicted molar refractivity (Wildman–Crippen MR) is 168 cm³/mol. The summed E-state index contributed by atoms with van der Waals surface area (Å²) in [6.07, 6.45) is 15.5. The van der Waals surface area contributed by atoms with Crippen LogP contribution in [0.25, 0.3) is 53.8 Å². The molecule has 0 aliphatic carbocycles. The van der Waals surface area contributed by atoms with E-state index in [0.717, 1.165) is 50.0 Å². The van der Waals surface area contributed by atoms with E-state index >= 15 is 0 Å². The van der Waals surface area contributed by atoms with Crippen LogP contribution in [0.15, 0.2) is 33.1 Å². The van der Waals surface area contributed by atoms with Gasteiger partial charge < -0.3 is 8.83 Å². The fourth-order valence-corrected chi connectivity index (χ4v) is 5.75. The van der Waals surface area contributed by atoms with Gasteiger partial charge in [0.15, 0.2) is 0 Å². The van der Waals surface area contributed by atoms with Gasteiger partial charge in [-0.3, -0.25) is 0 Å². The highest BCUT2D eigenvalue weighted by atomic mass is 16.3. The molecule has 0 saturated carbocycles. The van der Waals surface area contributed by atoms with Gasteiger partial charge in [-0.15, -0.1) is 0 Å². The molecule has 0 N–H and O–H groups in total. The van der Waals surface area contributed by atoms with Crippen LogP contribution in [0.5, 0.6) is 0 Å². The molecule has 214 valence electrons. The van der Waals surface area contributed by atoms with Gasteiger partial charge in [0.1, 0.15) is 22.7 Å². The molecule has 2 heterocycles. The number of benzene rings is 2. The van der Waals surface area contributed by atoms with Gasteiger partial charge in [0.2, 0.25) is 0 Å². The number of aryl methyl sites for hydroxylation is 2. The lowest BCUT2D eigenvalue weighted by Crippen LogP contribution is -2.08. The maximum Gasteiger partial charge on any atom is 0.269 e. The van der Waals surface area contributed by atoms with Gasteiger partial charge in [-0.1, -0.05) is 90.2 Å². The summed E-state index contributed by atoms with van der Waals surface area (Å²) < 4.78 is 12.8. The van der Waals surface area contributed by atoms with Crippen molar-refractivity contribution in [1.29, 1.82) is 10.5 Å². The summed E-state index contributed by atoms with van der Waals surface area (Å²) in [6, 6.07) is 11.7. The molecule has 6 nitrogen and oxygen atoms in total. The van der Waals surface area contributed by atoms with Crippen molar-refractivity contribution in [3.63, 3.8) is 0 Å². The molecule has 0 radical (unpaired) electrons. The van der Waals surface area contributed by atoms with E-state index < -0.39 is 0 Å². The summed E-state index contributed by atoms with van der Waals surface area (Å²) in [5.41, 5.74) is 1.10. The Labute approximate surface area is 248 Å². The fraction of sp³-hybridized carbons (Fsp3) is 0.444. The van der Waals surface area contributed by atoms with Crippen LogP contribution in [0.4, 0.5) is 0 Å². The van der Waals surface area contributed by atoms with Gasteiger partial charge in [-0.25, -0.2) is 20.2 Å². The van der Waals surface area contributed by atoms with Crippen LogP contribution >= 0.6 is 0 Å². The maximum absolute atomic E-state index is 9.81. The minimum absolute atomic E-state index is 0.00432. The zero-order valence-electron chi connectivity index (χ0n) is 24.8. The number of fused-ring (bicyclic) bond motifs is 5. The van der Waals surface area contributed by atoms with Crippen molar-refractivity contribution in [3.8, 4) is 12.1 Å². The number of unbranched alkanes of at least 4 members (excludes halogenated alkanes) is 10. The number of nitriles is 2. The van der Waals surface area contributed by atoms with E-state index in [1.807, 2.05) is 24.3 Å². The molecule has 2 aromatic heterocycles.